The average Bonchev–Trinajstić information content (AvgIpc) is 3.07. The lowest BCUT2D eigenvalue weighted by Gasteiger charge is -2.10. The first-order chi connectivity index (χ1) is 23.1. The standard InChI is InChI=1S/C32H59ClN4O10/c1-39-32(38)6-8-35-9-10-36-11-13-41-15-17-43-19-21-45-23-25-47-27-26-46-24-22-44-20-18-42-16-14-40-12-3-2-7-37-31-5-4-29(33)28-30(31)34/h4-5,28,35-37H,2-3,6-27,34H2,1H3. The van der Waals surface area contributed by atoms with Gasteiger partial charge in [0.15, 0.2) is 0 Å². The molecule has 1 aromatic rings. The van der Waals surface area contributed by atoms with Crippen LogP contribution in [0.5, 0.6) is 0 Å². The Morgan fingerprint density at radius 3 is 1.51 bits per heavy atom. The zero-order chi connectivity index (χ0) is 33.9. The Kier molecular flexibility index (Phi) is 31.3. The van der Waals surface area contributed by atoms with Crippen LogP contribution in [0.15, 0.2) is 18.2 Å². The fraction of sp³-hybridized carbons (Fsp3) is 0.781. The van der Waals surface area contributed by atoms with Crippen molar-refractivity contribution >= 4 is 28.9 Å². The Balaban J connectivity index is 1.64. The van der Waals surface area contributed by atoms with E-state index in [1.54, 1.807) is 6.07 Å². The molecule has 0 aliphatic carbocycles. The highest BCUT2D eigenvalue weighted by atomic mass is 35.5. The minimum absolute atomic E-state index is 0.204. The van der Waals surface area contributed by atoms with E-state index in [1.807, 2.05) is 12.1 Å². The molecule has 0 aliphatic rings. The SMILES string of the molecule is COC(=O)CCNCCNCCOCCOCCOCCOCCOCCOCCOCCOCCCCNc1ccc(Cl)cc1N. The van der Waals surface area contributed by atoms with Crippen LogP contribution in [0.3, 0.4) is 0 Å². The number of halogens is 1. The molecule has 0 radical (unpaired) electrons. The Labute approximate surface area is 285 Å². The first kappa shape index (κ1) is 43.2. The number of methoxy groups -OCH3 is 1. The zero-order valence-corrected chi connectivity index (χ0v) is 29.0. The Bertz CT molecular complexity index is 847. The van der Waals surface area contributed by atoms with Gasteiger partial charge in [0.1, 0.15) is 0 Å². The van der Waals surface area contributed by atoms with E-state index in [0.717, 1.165) is 44.7 Å². The summed E-state index contributed by atoms with van der Waals surface area (Å²) in [5, 5.41) is 10.4. The summed E-state index contributed by atoms with van der Waals surface area (Å²) in [7, 11) is 1.39. The van der Waals surface area contributed by atoms with Crippen LogP contribution in [0.2, 0.25) is 5.02 Å². The number of hydrogen-bond acceptors (Lipinski definition) is 14. The molecule has 0 aromatic heterocycles. The molecular formula is C32H59ClN4O10. The number of carbonyl (C=O) groups is 1. The number of esters is 1. The molecule has 274 valence electrons. The first-order valence-electron chi connectivity index (χ1n) is 16.5. The van der Waals surface area contributed by atoms with E-state index in [2.05, 4.69) is 20.7 Å². The van der Waals surface area contributed by atoms with Crippen molar-refractivity contribution in [2.24, 2.45) is 0 Å². The summed E-state index contributed by atoms with van der Waals surface area (Å²) >= 11 is 5.91. The van der Waals surface area contributed by atoms with Crippen LogP contribution in [0.25, 0.3) is 0 Å². The summed E-state index contributed by atoms with van der Waals surface area (Å²) < 4.78 is 48.6. The number of nitrogen functional groups attached to an aromatic ring is 1. The molecule has 0 amide bonds. The van der Waals surface area contributed by atoms with Gasteiger partial charge in [0.25, 0.3) is 0 Å². The highest BCUT2D eigenvalue weighted by molar-refractivity contribution is 6.31. The van der Waals surface area contributed by atoms with Crippen LogP contribution < -0.4 is 21.7 Å². The second-order valence-electron chi connectivity index (χ2n) is 10.1. The second kappa shape index (κ2) is 34.1. The number of nitrogens with one attached hydrogen (secondary N) is 3. The van der Waals surface area contributed by atoms with E-state index < -0.39 is 0 Å². The number of benzene rings is 1. The van der Waals surface area contributed by atoms with Crippen LogP contribution in [-0.2, 0) is 47.4 Å². The molecule has 0 saturated heterocycles. The van der Waals surface area contributed by atoms with Gasteiger partial charge in [-0.05, 0) is 31.0 Å². The van der Waals surface area contributed by atoms with E-state index in [9.17, 15) is 4.79 Å². The summed E-state index contributed by atoms with van der Waals surface area (Å²) in [6, 6.07) is 5.45. The fourth-order valence-electron chi connectivity index (χ4n) is 3.75. The number of anilines is 2. The molecule has 0 saturated carbocycles. The quantitative estimate of drug-likeness (QED) is 0.0458. The lowest BCUT2D eigenvalue weighted by atomic mass is 10.2. The third-order valence-corrected chi connectivity index (χ3v) is 6.52. The number of nitrogens with two attached hydrogens (primary N) is 1. The maximum Gasteiger partial charge on any atom is 0.306 e. The van der Waals surface area contributed by atoms with Crippen molar-refractivity contribution in [1.29, 1.82) is 0 Å². The zero-order valence-electron chi connectivity index (χ0n) is 28.2. The predicted molar refractivity (Wildman–Crippen MR) is 183 cm³/mol. The average molecular weight is 695 g/mol. The van der Waals surface area contributed by atoms with Gasteiger partial charge >= 0.3 is 5.97 Å². The van der Waals surface area contributed by atoms with Gasteiger partial charge in [-0.2, -0.15) is 0 Å². The molecule has 47 heavy (non-hydrogen) atoms. The van der Waals surface area contributed by atoms with E-state index in [4.69, 9.17) is 55.2 Å². The monoisotopic (exact) mass is 694 g/mol. The van der Waals surface area contributed by atoms with Gasteiger partial charge in [0.05, 0.1) is 124 Å². The van der Waals surface area contributed by atoms with E-state index >= 15 is 0 Å². The largest absolute Gasteiger partial charge is 0.469 e. The smallest absolute Gasteiger partial charge is 0.306 e. The van der Waals surface area contributed by atoms with Gasteiger partial charge in [0.2, 0.25) is 0 Å². The van der Waals surface area contributed by atoms with Crippen molar-refractivity contribution in [3.8, 4) is 0 Å². The molecule has 5 N–H and O–H groups in total. The van der Waals surface area contributed by atoms with Crippen LogP contribution in [0.4, 0.5) is 11.4 Å². The van der Waals surface area contributed by atoms with Crippen molar-refractivity contribution in [1.82, 2.24) is 10.6 Å². The molecule has 1 aromatic carbocycles. The van der Waals surface area contributed by atoms with Gasteiger partial charge in [-0.3, -0.25) is 4.79 Å². The number of carbonyl (C=O) groups excluding carboxylic acids is 1. The second-order valence-corrected chi connectivity index (χ2v) is 10.5. The van der Waals surface area contributed by atoms with Crippen molar-refractivity contribution in [3.05, 3.63) is 23.2 Å². The van der Waals surface area contributed by atoms with Gasteiger partial charge in [0, 0.05) is 44.4 Å². The third-order valence-electron chi connectivity index (χ3n) is 6.28. The van der Waals surface area contributed by atoms with Gasteiger partial charge < -0.3 is 64.3 Å². The van der Waals surface area contributed by atoms with Crippen molar-refractivity contribution < 1.29 is 47.4 Å². The number of unbranched alkanes of at least 4 members (excludes halogenated alkanes) is 1. The Morgan fingerprint density at radius 2 is 1.04 bits per heavy atom. The van der Waals surface area contributed by atoms with Crippen molar-refractivity contribution in [2.75, 3.05) is 157 Å². The van der Waals surface area contributed by atoms with Gasteiger partial charge in [-0.25, -0.2) is 0 Å². The van der Waals surface area contributed by atoms with Gasteiger partial charge in [-0.15, -0.1) is 0 Å². The molecule has 0 unspecified atom stereocenters. The van der Waals surface area contributed by atoms with Crippen molar-refractivity contribution in [2.45, 2.75) is 19.3 Å². The van der Waals surface area contributed by atoms with Crippen LogP contribution >= 0.6 is 11.6 Å². The molecule has 0 fully saturated rings. The topological polar surface area (TPSA) is 162 Å². The minimum atomic E-state index is -0.204. The Morgan fingerprint density at radius 1 is 0.596 bits per heavy atom. The molecule has 0 atom stereocenters. The molecule has 14 nitrogen and oxygen atoms in total. The Hall–Kier alpha value is -1.82. The molecule has 1 rings (SSSR count). The van der Waals surface area contributed by atoms with E-state index in [0.29, 0.717) is 129 Å². The van der Waals surface area contributed by atoms with Crippen LogP contribution in [0.1, 0.15) is 19.3 Å². The highest BCUT2D eigenvalue weighted by Crippen LogP contribution is 2.22. The summed E-state index contributed by atoms with van der Waals surface area (Å²) in [5.41, 5.74) is 7.48. The maximum absolute atomic E-state index is 11.0. The fourth-order valence-corrected chi connectivity index (χ4v) is 3.93. The summed E-state index contributed by atoms with van der Waals surface area (Å²) in [4.78, 5) is 11.0. The molecule has 0 bridgehead atoms. The lowest BCUT2D eigenvalue weighted by Crippen LogP contribution is -2.31. The van der Waals surface area contributed by atoms with Crippen LogP contribution in [0, 0.1) is 0 Å². The summed E-state index contributed by atoms with van der Waals surface area (Å²) in [6.45, 7) is 12.4. The van der Waals surface area contributed by atoms with E-state index in [1.165, 1.54) is 7.11 Å². The number of ether oxygens (including phenoxy) is 9. The molecule has 15 heteroatoms. The normalized spacial score (nSPS) is 11.3. The lowest BCUT2D eigenvalue weighted by molar-refractivity contribution is -0.140. The maximum atomic E-state index is 11.0. The summed E-state index contributed by atoms with van der Waals surface area (Å²) in [6.07, 6.45) is 2.32. The van der Waals surface area contributed by atoms with Gasteiger partial charge in [-0.1, -0.05) is 11.6 Å². The third kappa shape index (κ3) is 30.0. The highest BCUT2D eigenvalue weighted by Gasteiger charge is 2.00. The molecule has 0 aliphatic heterocycles. The predicted octanol–water partition coefficient (Wildman–Crippen LogP) is 1.99. The summed E-state index contributed by atoms with van der Waals surface area (Å²) in [5.74, 6) is -0.204. The first-order valence-corrected chi connectivity index (χ1v) is 16.9. The molecular weight excluding hydrogens is 636 g/mol. The van der Waals surface area contributed by atoms with Crippen LogP contribution in [-0.4, -0.2) is 152 Å². The molecule has 0 heterocycles. The van der Waals surface area contributed by atoms with Crippen molar-refractivity contribution in [3.63, 3.8) is 0 Å². The minimum Gasteiger partial charge on any atom is -0.469 e. The molecule has 0 spiro atoms. The number of hydrogen-bond donors (Lipinski definition) is 4. The van der Waals surface area contributed by atoms with E-state index in [-0.39, 0.29) is 5.97 Å². The number of rotatable bonds is 36.